The van der Waals surface area contributed by atoms with Gasteiger partial charge in [-0.1, -0.05) is 12.1 Å². The summed E-state index contributed by atoms with van der Waals surface area (Å²) in [6.07, 6.45) is 4.71. The SMILES string of the molecule is COc1ccc(/C=C/C(=O)N2CCC(C(=O)c3ccc4c(c3)OCCO4)CC2)cc1. The molecule has 0 radical (unpaired) electrons. The molecule has 4 rings (SSSR count). The highest BCUT2D eigenvalue weighted by Gasteiger charge is 2.28. The molecular weight excluding hydrogens is 382 g/mol. The lowest BCUT2D eigenvalue weighted by Crippen LogP contribution is -2.39. The van der Waals surface area contributed by atoms with Crippen LogP contribution in [0.2, 0.25) is 0 Å². The van der Waals surface area contributed by atoms with Crippen molar-refractivity contribution in [1.29, 1.82) is 0 Å². The summed E-state index contributed by atoms with van der Waals surface area (Å²) in [5.41, 5.74) is 1.58. The molecule has 0 bridgehead atoms. The fourth-order valence-corrected chi connectivity index (χ4v) is 3.78. The monoisotopic (exact) mass is 407 g/mol. The summed E-state index contributed by atoms with van der Waals surface area (Å²) in [5, 5.41) is 0. The molecule has 2 aliphatic rings. The lowest BCUT2D eigenvalue weighted by Gasteiger charge is -2.30. The van der Waals surface area contributed by atoms with Crippen LogP contribution in [0.15, 0.2) is 48.5 Å². The average molecular weight is 407 g/mol. The number of carbonyl (C=O) groups is 2. The zero-order chi connectivity index (χ0) is 20.9. The summed E-state index contributed by atoms with van der Waals surface area (Å²) in [7, 11) is 1.62. The van der Waals surface area contributed by atoms with E-state index < -0.39 is 0 Å². The minimum Gasteiger partial charge on any atom is -0.497 e. The number of fused-ring (bicyclic) bond motifs is 1. The van der Waals surface area contributed by atoms with Crippen LogP contribution in [0.25, 0.3) is 6.08 Å². The Hall–Kier alpha value is -3.28. The highest BCUT2D eigenvalue weighted by molar-refractivity contribution is 5.99. The van der Waals surface area contributed by atoms with Gasteiger partial charge in [0.1, 0.15) is 19.0 Å². The van der Waals surface area contributed by atoms with E-state index in [1.165, 1.54) is 0 Å². The fourth-order valence-electron chi connectivity index (χ4n) is 3.78. The van der Waals surface area contributed by atoms with Gasteiger partial charge in [0, 0.05) is 30.6 Å². The standard InChI is InChI=1S/C24H25NO5/c1-28-20-6-2-17(3-7-20)4-9-23(26)25-12-10-18(11-13-25)24(27)19-5-8-21-22(16-19)30-15-14-29-21/h2-9,16,18H,10-15H2,1H3/b9-4+. The van der Waals surface area contributed by atoms with Crippen LogP contribution >= 0.6 is 0 Å². The largest absolute Gasteiger partial charge is 0.497 e. The van der Waals surface area contributed by atoms with E-state index in [0.717, 1.165) is 11.3 Å². The van der Waals surface area contributed by atoms with Crippen molar-refractivity contribution < 1.29 is 23.8 Å². The van der Waals surface area contributed by atoms with Gasteiger partial charge in [-0.25, -0.2) is 0 Å². The average Bonchev–Trinajstić information content (AvgIpc) is 2.82. The molecule has 0 aliphatic carbocycles. The molecule has 0 saturated carbocycles. The van der Waals surface area contributed by atoms with Gasteiger partial charge >= 0.3 is 0 Å². The number of nitrogens with zero attached hydrogens (tertiary/aromatic N) is 1. The lowest BCUT2D eigenvalue weighted by molar-refractivity contribution is -0.127. The first-order valence-corrected chi connectivity index (χ1v) is 10.2. The molecule has 30 heavy (non-hydrogen) atoms. The van der Waals surface area contributed by atoms with Gasteiger partial charge < -0.3 is 19.1 Å². The van der Waals surface area contributed by atoms with Gasteiger partial charge in [-0.3, -0.25) is 9.59 Å². The Morgan fingerprint density at radius 1 is 1.00 bits per heavy atom. The molecule has 6 heteroatoms. The molecule has 156 valence electrons. The van der Waals surface area contributed by atoms with E-state index >= 15 is 0 Å². The Balaban J connectivity index is 1.32. The number of rotatable bonds is 5. The number of methoxy groups -OCH3 is 1. The quantitative estimate of drug-likeness (QED) is 0.560. The van der Waals surface area contributed by atoms with Crippen LogP contribution in [0.3, 0.4) is 0 Å². The Morgan fingerprint density at radius 2 is 1.70 bits per heavy atom. The third-order valence-corrected chi connectivity index (χ3v) is 5.54. The Labute approximate surface area is 176 Å². The summed E-state index contributed by atoms with van der Waals surface area (Å²) >= 11 is 0. The molecule has 0 atom stereocenters. The summed E-state index contributed by atoms with van der Waals surface area (Å²) < 4.78 is 16.2. The van der Waals surface area contributed by atoms with Crippen molar-refractivity contribution in [3.63, 3.8) is 0 Å². The molecule has 0 unspecified atom stereocenters. The molecule has 0 N–H and O–H groups in total. The van der Waals surface area contributed by atoms with Crippen LogP contribution in [-0.4, -0.2) is 50.0 Å². The van der Waals surface area contributed by atoms with Gasteiger partial charge in [0.05, 0.1) is 7.11 Å². The van der Waals surface area contributed by atoms with Crippen LogP contribution in [0.5, 0.6) is 17.2 Å². The third-order valence-electron chi connectivity index (χ3n) is 5.54. The Morgan fingerprint density at radius 3 is 2.40 bits per heavy atom. The molecule has 0 aromatic heterocycles. The van der Waals surface area contributed by atoms with Crippen molar-refractivity contribution in [3.05, 3.63) is 59.7 Å². The first kappa shape index (κ1) is 20.0. The van der Waals surface area contributed by atoms with Crippen LogP contribution in [-0.2, 0) is 4.79 Å². The van der Waals surface area contributed by atoms with Crippen molar-refractivity contribution in [2.45, 2.75) is 12.8 Å². The number of Topliss-reactive ketones (excluding diaryl/α,β-unsaturated/α-hetero) is 1. The number of benzene rings is 2. The molecule has 2 heterocycles. The van der Waals surface area contributed by atoms with Crippen molar-refractivity contribution in [2.75, 3.05) is 33.4 Å². The van der Waals surface area contributed by atoms with Crippen molar-refractivity contribution in [3.8, 4) is 17.2 Å². The number of ether oxygens (including phenoxy) is 3. The molecular formula is C24H25NO5. The predicted octanol–water partition coefficient (Wildman–Crippen LogP) is 3.60. The second-order valence-electron chi connectivity index (χ2n) is 7.43. The van der Waals surface area contributed by atoms with Crippen LogP contribution in [0.4, 0.5) is 0 Å². The van der Waals surface area contributed by atoms with E-state index in [-0.39, 0.29) is 17.6 Å². The zero-order valence-corrected chi connectivity index (χ0v) is 17.0. The third kappa shape index (κ3) is 4.48. The van der Waals surface area contributed by atoms with E-state index in [1.54, 1.807) is 42.4 Å². The number of hydrogen-bond donors (Lipinski definition) is 0. The summed E-state index contributed by atoms with van der Waals surface area (Å²) in [6, 6.07) is 12.9. The van der Waals surface area contributed by atoms with Gasteiger partial charge in [-0.05, 0) is 54.8 Å². The van der Waals surface area contributed by atoms with Gasteiger partial charge in [0.15, 0.2) is 17.3 Å². The number of likely N-dealkylation sites (tertiary alicyclic amines) is 1. The molecule has 1 saturated heterocycles. The van der Waals surface area contributed by atoms with E-state index in [4.69, 9.17) is 14.2 Å². The maximum Gasteiger partial charge on any atom is 0.246 e. The van der Waals surface area contributed by atoms with E-state index in [1.807, 2.05) is 24.3 Å². The van der Waals surface area contributed by atoms with Crippen molar-refractivity contribution in [1.82, 2.24) is 4.90 Å². The number of carbonyl (C=O) groups excluding carboxylic acids is 2. The highest BCUT2D eigenvalue weighted by Crippen LogP contribution is 2.32. The molecule has 6 nitrogen and oxygen atoms in total. The second-order valence-corrected chi connectivity index (χ2v) is 7.43. The van der Waals surface area contributed by atoms with Crippen LogP contribution in [0, 0.1) is 5.92 Å². The minimum atomic E-state index is -0.0813. The normalized spacial score (nSPS) is 16.5. The number of amides is 1. The fraction of sp³-hybridized carbons (Fsp3) is 0.333. The minimum absolute atomic E-state index is 0.0314. The van der Waals surface area contributed by atoms with Gasteiger partial charge in [0.25, 0.3) is 0 Å². The molecule has 2 aliphatic heterocycles. The van der Waals surface area contributed by atoms with Gasteiger partial charge in [-0.2, -0.15) is 0 Å². The lowest BCUT2D eigenvalue weighted by atomic mass is 9.88. The van der Waals surface area contributed by atoms with Crippen LogP contribution in [0.1, 0.15) is 28.8 Å². The second kappa shape index (κ2) is 9.03. The Kier molecular flexibility index (Phi) is 6.02. The molecule has 1 fully saturated rings. The smallest absolute Gasteiger partial charge is 0.246 e. The maximum atomic E-state index is 12.9. The summed E-state index contributed by atoms with van der Waals surface area (Å²) in [4.78, 5) is 27.2. The Bertz CT molecular complexity index is 943. The highest BCUT2D eigenvalue weighted by atomic mass is 16.6. The molecule has 0 spiro atoms. The van der Waals surface area contributed by atoms with E-state index in [9.17, 15) is 9.59 Å². The number of hydrogen-bond acceptors (Lipinski definition) is 5. The van der Waals surface area contributed by atoms with Crippen molar-refractivity contribution >= 4 is 17.8 Å². The van der Waals surface area contributed by atoms with Crippen molar-refractivity contribution in [2.24, 2.45) is 5.92 Å². The molecule has 1 amide bonds. The molecule has 2 aromatic carbocycles. The maximum absolute atomic E-state index is 12.9. The predicted molar refractivity (Wildman–Crippen MR) is 113 cm³/mol. The van der Waals surface area contributed by atoms with Gasteiger partial charge in [0.2, 0.25) is 5.91 Å². The van der Waals surface area contributed by atoms with E-state index in [0.29, 0.717) is 56.2 Å². The number of piperidine rings is 1. The summed E-state index contributed by atoms with van der Waals surface area (Å²) in [6.45, 7) is 2.17. The molecule has 2 aromatic rings. The van der Waals surface area contributed by atoms with E-state index in [2.05, 4.69) is 0 Å². The topological polar surface area (TPSA) is 65.1 Å². The first-order valence-electron chi connectivity index (χ1n) is 10.2. The van der Waals surface area contributed by atoms with Gasteiger partial charge in [-0.15, -0.1) is 0 Å². The zero-order valence-electron chi connectivity index (χ0n) is 17.0. The first-order chi connectivity index (χ1) is 14.6. The summed E-state index contributed by atoms with van der Waals surface area (Å²) in [5.74, 6) is 2.08. The number of ketones is 1. The van der Waals surface area contributed by atoms with Crippen LogP contribution < -0.4 is 14.2 Å².